The lowest BCUT2D eigenvalue weighted by atomic mass is 10.2. The number of aromatic nitrogens is 2. The third-order valence-corrected chi connectivity index (χ3v) is 2.66. The van der Waals surface area contributed by atoms with Crippen LogP contribution in [0.25, 0.3) is 16.9 Å². The average molecular weight is 225 g/mol. The van der Waals surface area contributed by atoms with Crippen LogP contribution in [0.4, 0.5) is 5.69 Å². The maximum absolute atomic E-state index is 9.47. The van der Waals surface area contributed by atoms with Crippen LogP contribution in [0.3, 0.4) is 0 Å². The van der Waals surface area contributed by atoms with Crippen molar-refractivity contribution in [3.8, 4) is 17.1 Å². The predicted octanol–water partition coefficient (Wildman–Crippen LogP) is 2.29. The second kappa shape index (κ2) is 3.52. The second-order valence-electron chi connectivity index (χ2n) is 3.89. The molecule has 3 aromatic rings. The van der Waals surface area contributed by atoms with Crippen molar-refractivity contribution >= 4 is 11.2 Å². The van der Waals surface area contributed by atoms with Crippen LogP contribution in [-0.2, 0) is 0 Å². The molecule has 0 atom stereocenters. The van der Waals surface area contributed by atoms with Gasteiger partial charge in [-0.3, -0.25) is 4.40 Å². The summed E-state index contributed by atoms with van der Waals surface area (Å²) < 4.78 is 1.94. The van der Waals surface area contributed by atoms with E-state index in [1.165, 1.54) is 0 Å². The Morgan fingerprint density at radius 2 is 2.06 bits per heavy atom. The first-order valence-corrected chi connectivity index (χ1v) is 5.26. The van der Waals surface area contributed by atoms with Crippen LogP contribution in [-0.4, -0.2) is 14.5 Å². The molecule has 3 N–H and O–H groups in total. The van der Waals surface area contributed by atoms with Crippen LogP contribution in [0, 0.1) is 0 Å². The van der Waals surface area contributed by atoms with Crippen molar-refractivity contribution < 1.29 is 5.11 Å². The number of aromatic hydroxyl groups is 1. The van der Waals surface area contributed by atoms with Gasteiger partial charge < -0.3 is 10.8 Å². The standard InChI is InChI=1S/C13H11N3O/c14-10-4-5-16-11(7-10)8-15-13(16)9-2-1-3-12(17)6-9/h1-8,17H,14H2. The molecule has 4 nitrogen and oxygen atoms in total. The van der Waals surface area contributed by atoms with Gasteiger partial charge >= 0.3 is 0 Å². The van der Waals surface area contributed by atoms with Crippen LogP contribution in [0.1, 0.15) is 0 Å². The van der Waals surface area contributed by atoms with Crippen molar-refractivity contribution in [2.45, 2.75) is 0 Å². The molecule has 0 aliphatic carbocycles. The SMILES string of the molecule is Nc1ccn2c(-c3cccc(O)c3)ncc2c1. The fourth-order valence-electron chi connectivity index (χ4n) is 1.88. The smallest absolute Gasteiger partial charge is 0.144 e. The molecule has 4 heteroatoms. The first-order chi connectivity index (χ1) is 8.24. The molecule has 0 amide bonds. The normalized spacial score (nSPS) is 10.8. The Labute approximate surface area is 98.0 Å². The van der Waals surface area contributed by atoms with Gasteiger partial charge in [-0.15, -0.1) is 0 Å². The number of nitrogens with two attached hydrogens (primary N) is 1. The number of nitrogens with zero attached hydrogens (tertiary/aromatic N) is 2. The minimum Gasteiger partial charge on any atom is -0.508 e. The molecule has 0 unspecified atom stereocenters. The molecule has 84 valence electrons. The summed E-state index contributed by atoms with van der Waals surface area (Å²) in [6, 6.07) is 10.7. The molecule has 0 fully saturated rings. The Kier molecular flexibility index (Phi) is 2.01. The molecule has 2 heterocycles. The molecule has 0 aliphatic heterocycles. The van der Waals surface area contributed by atoms with Crippen molar-refractivity contribution in [1.29, 1.82) is 0 Å². The summed E-state index contributed by atoms with van der Waals surface area (Å²) in [4.78, 5) is 4.34. The van der Waals surface area contributed by atoms with Crippen molar-refractivity contribution in [2.24, 2.45) is 0 Å². The number of rotatable bonds is 1. The fraction of sp³-hybridized carbons (Fsp3) is 0. The molecule has 0 saturated carbocycles. The number of imidazole rings is 1. The molecule has 0 spiro atoms. The number of pyridine rings is 1. The van der Waals surface area contributed by atoms with Gasteiger partial charge in [0.05, 0.1) is 11.7 Å². The molecule has 3 rings (SSSR count). The Morgan fingerprint density at radius 3 is 2.88 bits per heavy atom. The lowest BCUT2D eigenvalue weighted by Gasteiger charge is -2.02. The number of hydrogen-bond acceptors (Lipinski definition) is 3. The van der Waals surface area contributed by atoms with Crippen LogP contribution < -0.4 is 5.73 Å². The van der Waals surface area contributed by atoms with E-state index in [9.17, 15) is 5.11 Å². The molecular formula is C13H11N3O. The minimum atomic E-state index is 0.231. The highest BCUT2D eigenvalue weighted by atomic mass is 16.3. The summed E-state index contributed by atoms with van der Waals surface area (Å²) in [5.74, 6) is 1.02. The van der Waals surface area contributed by atoms with E-state index in [1.54, 1.807) is 24.4 Å². The molecule has 2 aromatic heterocycles. The number of benzene rings is 1. The van der Waals surface area contributed by atoms with Crippen molar-refractivity contribution in [3.63, 3.8) is 0 Å². The van der Waals surface area contributed by atoms with Gasteiger partial charge in [-0.1, -0.05) is 12.1 Å². The van der Waals surface area contributed by atoms with E-state index in [0.717, 1.165) is 16.9 Å². The predicted molar refractivity (Wildman–Crippen MR) is 66.7 cm³/mol. The van der Waals surface area contributed by atoms with Crippen LogP contribution in [0.15, 0.2) is 48.8 Å². The van der Waals surface area contributed by atoms with E-state index >= 15 is 0 Å². The summed E-state index contributed by atoms with van der Waals surface area (Å²) in [6.45, 7) is 0. The van der Waals surface area contributed by atoms with Gasteiger partial charge in [-0.25, -0.2) is 4.98 Å². The lowest BCUT2D eigenvalue weighted by molar-refractivity contribution is 0.475. The second-order valence-corrected chi connectivity index (χ2v) is 3.89. The zero-order valence-electron chi connectivity index (χ0n) is 9.04. The third-order valence-electron chi connectivity index (χ3n) is 2.66. The van der Waals surface area contributed by atoms with Gasteiger partial charge in [0.15, 0.2) is 0 Å². The molecule has 0 saturated heterocycles. The number of anilines is 1. The quantitative estimate of drug-likeness (QED) is 0.667. The molecule has 0 radical (unpaired) electrons. The maximum atomic E-state index is 9.47. The number of hydrogen-bond donors (Lipinski definition) is 2. The topological polar surface area (TPSA) is 63.5 Å². The van der Waals surface area contributed by atoms with Crippen molar-refractivity contribution in [3.05, 3.63) is 48.8 Å². The minimum absolute atomic E-state index is 0.231. The van der Waals surface area contributed by atoms with Crippen LogP contribution in [0.2, 0.25) is 0 Å². The van der Waals surface area contributed by atoms with Gasteiger partial charge in [-0.05, 0) is 24.3 Å². The van der Waals surface area contributed by atoms with Crippen LogP contribution >= 0.6 is 0 Å². The van der Waals surface area contributed by atoms with Crippen molar-refractivity contribution in [2.75, 3.05) is 5.73 Å². The highest BCUT2D eigenvalue weighted by Gasteiger charge is 2.06. The van der Waals surface area contributed by atoms with E-state index in [0.29, 0.717) is 5.69 Å². The lowest BCUT2D eigenvalue weighted by Crippen LogP contribution is -1.91. The van der Waals surface area contributed by atoms with Crippen LogP contribution in [0.5, 0.6) is 5.75 Å². The van der Waals surface area contributed by atoms with Gasteiger partial charge in [0.2, 0.25) is 0 Å². The number of phenolic OH excluding ortho intramolecular Hbond substituents is 1. The highest BCUT2D eigenvalue weighted by Crippen LogP contribution is 2.23. The third kappa shape index (κ3) is 1.59. The summed E-state index contributed by atoms with van der Waals surface area (Å²) in [5, 5.41) is 9.47. The molecule has 17 heavy (non-hydrogen) atoms. The van der Waals surface area contributed by atoms with Gasteiger partial charge in [0.25, 0.3) is 0 Å². The average Bonchev–Trinajstić information content (AvgIpc) is 2.71. The summed E-state index contributed by atoms with van der Waals surface area (Å²) in [5.41, 5.74) is 8.23. The van der Waals surface area contributed by atoms with E-state index in [4.69, 9.17) is 5.73 Å². The van der Waals surface area contributed by atoms with Crippen molar-refractivity contribution in [1.82, 2.24) is 9.38 Å². The zero-order valence-corrected chi connectivity index (χ0v) is 9.04. The summed E-state index contributed by atoms with van der Waals surface area (Å²) >= 11 is 0. The number of phenols is 1. The van der Waals surface area contributed by atoms with Gasteiger partial charge in [0.1, 0.15) is 11.6 Å². The van der Waals surface area contributed by atoms with E-state index in [-0.39, 0.29) is 5.75 Å². The molecular weight excluding hydrogens is 214 g/mol. The highest BCUT2D eigenvalue weighted by molar-refractivity contribution is 5.66. The van der Waals surface area contributed by atoms with E-state index in [1.807, 2.05) is 28.8 Å². The zero-order chi connectivity index (χ0) is 11.8. The number of nitrogen functional groups attached to an aromatic ring is 1. The molecule has 0 bridgehead atoms. The van der Waals surface area contributed by atoms with Gasteiger partial charge in [-0.2, -0.15) is 0 Å². The van der Waals surface area contributed by atoms with E-state index in [2.05, 4.69) is 4.98 Å². The molecule has 0 aliphatic rings. The Morgan fingerprint density at radius 1 is 1.18 bits per heavy atom. The van der Waals surface area contributed by atoms with Gasteiger partial charge in [0, 0.05) is 17.4 Å². The molecule has 1 aromatic carbocycles. The number of fused-ring (bicyclic) bond motifs is 1. The Hall–Kier alpha value is -2.49. The van der Waals surface area contributed by atoms with E-state index < -0.39 is 0 Å². The summed E-state index contributed by atoms with van der Waals surface area (Å²) in [7, 11) is 0. The first kappa shape index (κ1) is 9.72. The summed E-state index contributed by atoms with van der Waals surface area (Å²) in [6.07, 6.45) is 3.63. The fourth-order valence-corrected chi connectivity index (χ4v) is 1.88. The largest absolute Gasteiger partial charge is 0.508 e. The maximum Gasteiger partial charge on any atom is 0.144 e. The Bertz CT molecular complexity index is 688. The first-order valence-electron chi connectivity index (χ1n) is 5.26. The Balaban J connectivity index is 2.24. The monoisotopic (exact) mass is 225 g/mol.